The molecule has 0 aliphatic carbocycles. The summed E-state index contributed by atoms with van der Waals surface area (Å²) in [6, 6.07) is 0.488. The number of nitrogens with zero attached hydrogens (tertiary/aromatic N) is 1. The van der Waals surface area contributed by atoms with Crippen molar-refractivity contribution in [1.82, 2.24) is 10.2 Å². The number of hydrogen-bond acceptors (Lipinski definition) is 4. The van der Waals surface area contributed by atoms with E-state index < -0.39 is 9.84 Å². The van der Waals surface area contributed by atoms with Gasteiger partial charge in [-0.2, -0.15) is 0 Å². The minimum Gasteiger partial charge on any atom is -0.315 e. The van der Waals surface area contributed by atoms with Crippen LogP contribution in [-0.2, 0) is 9.84 Å². The van der Waals surface area contributed by atoms with E-state index >= 15 is 0 Å². The summed E-state index contributed by atoms with van der Waals surface area (Å²) in [6.45, 7) is 7.75. The highest BCUT2D eigenvalue weighted by Gasteiger charge is 2.25. The Morgan fingerprint density at radius 3 is 2.38 bits per heavy atom. The molecule has 0 bridgehead atoms. The van der Waals surface area contributed by atoms with Crippen LogP contribution in [0, 0.1) is 0 Å². The molecule has 1 N–H and O–H groups in total. The van der Waals surface area contributed by atoms with Crippen LogP contribution in [0.5, 0.6) is 0 Å². The van der Waals surface area contributed by atoms with E-state index in [2.05, 4.69) is 24.1 Å². The molecule has 0 saturated carbocycles. The highest BCUT2D eigenvalue weighted by atomic mass is 32.2. The van der Waals surface area contributed by atoms with E-state index in [0.29, 0.717) is 30.6 Å². The summed E-state index contributed by atoms with van der Waals surface area (Å²) in [6.07, 6.45) is 2.22. The first kappa shape index (κ1) is 13.9. The Kier molecular flexibility index (Phi) is 5.72. The fourth-order valence-electron chi connectivity index (χ4n) is 2.07. The first-order valence-electron chi connectivity index (χ1n) is 6.24. The number of rotatable bonds is 6. The Morgan fingerprint density at radius 2 is 1.88 bits per heavy atom. The second-order valence-electron chi connectivity index (χ2n) is 4.45. The van der Waals surface area contributed by atoms with E-state index in [4.69, 9.17) is 0 Å². The maximum absolute atomic E-state index is 11.3. The highest BCUT2D eigenvalue weighted by Crippen LogP contribution is 2.10. The molecule has 1 aliphatic heterocycles. The van der Waals surface area contributed by atoms with Gasteiger partial charge in [-0.25, -0.2) is 8.42 Å². The summed E-state index contributed by atoms with van der Waals surface area (Å²) in [4.78, 5) is 2.31. The van der Waals surface area contributed by atoms with Gasteiger partial charge in [-0.05, 0) is 19.4 Å². The quantitative estimate of drug-likeness (QED) is 0.695. The molecule has 0 amide bonds. The lowest BCUT2D eigenvalue weighted by atomic mass is 10.2. The van der Waals surface area contributed by atoms with Crippen molar-refractivity contribution in [2.24, 2.45) is 0 Å². The van der Waals surface area contributed by atoms with Crippen LogP contribution in [0.4, 0.5) is 0 Å². The maximum atomic E-state index is 11.3. The van der Waals surface area contributed by atoms with E-state index in [1.165, 1.54) is 0 Å². The molecule has 96 valence electrons. The van der Waals surface area contributed by atoms with E-state index in [-0.39, 0.29) is 0 Å². The van der Waals surface area contributed by atoms with Gasteiger partial charge in [0.15, 0.2) is 9.84 Å². The lowest BCUT2D eigenvalue weighted by Gasteiger charge is -2.34. The average molecular weight is 248 g/mol. The first-order valence-corrected chi connectivity index (χ1v) is 8.06. The zero-order valence-corrected chi connectivity index (χ0v) is 11.2. The molecule has 4 nitrogen and oxygen atoms in total. The van der Waals surface area contributed by atoms with Crippen molar-refractivity contribution in [3.63, 3.8) is 0 Å². The van der Waals surface area contributed by atoms with Gasteiger partial charge >= 0.3 is 0 Å². The lowest BCUT2D eigenvalue weighted by Crippen LogP contribution is -2.49. The standard InChI is InChI=1S/C11H24N2O2S/c1-3-5-12-10-11(4-2)13-6-8-16(14,15)9-7-13/h11-12H,3-10H2,1-2H3. The largest absolute Gasteiger partial charge is 0.315 e. The molecule has 5 heteroatoms. The van der Waals surface area contributed by atoms with Crippen LogP contribution in [0.2, 0.25) is 0 Å². The molecule has 16 heavy (non-hydrogen) atoms. The summed E-state index contributed by atoms with van der Waals surface area (Å²) < 4.78 is 22.7. The predicted octanol–water partition coefficient (Wildman–Crippen LogP) is 0.495. The van der Waals surface area contributed by atoms with Gasteiger partial charge < -0.3 is 5.32 Å². The normalized spacial score (nSPS) is 23.1. The van der Waals surface area contributed by atoms with Crippen LogP contribution in [0.1, 0.15) is 26.7 Å². The van der Waals surface area contributed by atoms with E-state index in [1.807, 2.05) is 0 Å². The molecule has 0 aromatic rings. The van der Waals surface area contributed by atoms with Crippen molar-refractivity contribution < 1.29 is 8.42 Å². The van der Waals surface area contributed by atoms with E-state index in [1.54, 1.807) is 0 Å². The van der Waals surface area contributed by atoms with Crippen molar-refractivity contribution >= 4 is 9.84 Å². The third-order valence-electron chi connectivity index (χ3n) is 3.17. The van der Waals surface area contributed by atoms with Crippen LogP contribution in [-0.4, -0.2) is 57.0 Å². The average Bonchev–Trinajstić information content (AvgIpc) is 2.25. The lowest BCUT2D eigenvalue weighted by molar-refractivity contribution is 0.202. The Balaban J connectivity index is 2.36. The van der Waals surface area contributed by atoms with Crippen molar-refractivity contribution in [3.8, 4) is 0 Å². The zero-order chi connectivity index (χ0) is 12.0. The van der Waals surface area contributed by atoms with Gasteiger partial charge in [0.2, 0.25) is 0 Å². The molecule has 1 heterocycles. The molecule has 1 fully saturated rings. The van der Waals surface area contributed by atoms with E-state index in [9.17, 15) is 8.42 Å². The molecular formula is C11H24N2O2S. The van der Waals surface area contributed by atoms with Crippen molar-refractivity contribution in [2.45, 2.75) is 32.7 Å². The van der Waals surface area contributed by atoms with Gasteiger partial charge in [0, 0.05) is 25.7 Å². The summed E-state index contributed by atoms with van der Waals surface area (Å²) in [5.74, 6) is 0.661. The van der Waals surface area contributed by atoms with Crippen LogP contribution >= 0.6 is 0 Å². The van der Waals surface area contributed by atoms with Gasteiger partial charge in [0.05, 0.1) is 11.5 Å². The van der Waals surface area contributed by atoms with Crippen LogP contribution in [0.3, 0.4) is 0 Å². The molecule has 0 aromatic carbocycles. The minimum atomic E-state index is -2.74. The number of sulfone groups is 1. The van der Waals surface area contributed by atoms with Crippen LogP contribution in [0.25, 0.3) is 0 Å². The predicted molar refractivity (Wildman–Crippen MR) is 67.5 cm³/mol. The Morgan fingerprint density at radius 1 is 1.25 bits per heavy atom. The molecule has 0 radical (unpaired) electrons. The molecule has 0 spiro atoms. The van der Waals surface area contributed by atoms with Gasteiger partial charge in [0.1, 0.15) is 0 Å². The molecule has 0 aromatic heterocycles. The van der Waals surface area contributed by atoms with E-state index in [0.717, 1.165) is 25.9 Å². The summed E-state index contributed by atoms with van der Waals surface area (Å²) in [5, 5.41) is 3.41. The van der Waals surface area contributed by atoms with Crippen molar-refractivity contribution in [2.75, 3.05) is 37.7 Å². The SMILES string of the molecule is CCCNCC(CC)N1CCS(=O)(=O)CC1. The Bertz CT molecular complexity index is 276. The van der Waals surface area contributed by atoms with Crippen molar-refractivity contribution in [1.29, 1.82) is 0 Å². The summed E-state index contributed by atoms with van der Waals surface area (Å²) in [5.41, 5.74) is 0. The smallest absolute Gasteiger partial charge is 0.152 e. The fraction of sp³-hybridized carbons (Fsp3) is 1.00. The Labute approximate surface area is 99.3 Å². The third kappa shape index (κ3) is 4.39. The second kappa shape index (κ2) is 6.57. The zero-order valence-electron chi connectivity index (χ0n) is 10.4. The van der Waals surface area contributed by atoms with Gasteiger partial charge in [-0.3, -0.25) is 4.90 Å². The maximum Gasteiger partial charge on any atom is 0.152 e. The number of hydrogen-bond donors (Lipinski definition) is 1. The van der Waals surface area contributed by atoms with Gasteiger partial charge in [0.25, 0.3) is 0 Å². The summed E-state index contributed by atoms with van der Waals surface area (Å²) in [7, 11) is -2.74. The number of nitrogens with one attached hydrogen (secondary N) is 1. The molecule has 1 unspecified atom stereocenters. The highest BCUT2D eigenvalue weighted by molar-refractivity contribution is 7.91. The first-order chi connectivity index (χ1) is 7.59. The topological polar surface area (TPSA) is 49.4 Å². The Hall–Kier alpha value is -0.130. The fourth-order valence-corrected chi connectivity index (χ4v) is 3.30. The monoisotopic (exact) mass is 248 g/mol. The second-order valence-corrected chi connectivity index (χ2v) is 6.76. The van der Waals surface area contributed by atoms with Crippen molar-refractivity contribution in [3.05, 3.63) is 0 Å². The van der Waals surface area contributed by atoms with Crippen LogP contribution in [0.15, 0.2) is 0 Å². The van der Waals surface area contributed by atoms with Gasteiger partial charge in [-0.1, -0.05) is 13.8 Å². The van der Waals surface area contributed by atoms with Crippen LogP contribution < -0.4 is 5.32 Å². The minimum absolute atomic E-state index is 0.331. The molecule has 1 aliphatic rings. The molecule has 1 rings (SSSR count). The summed E-state index contributed by atoms with van der Waals surface area (Å²) >= 11 is 0. The molecular weight excluding hydrogens is 224 g/mol. The molecule has 1 atom stereocenters. The van der Waals surface area contributed by atoms with Gasteiger partial charge in [-0.15, -0.1) is 0 Å². The third-order valence-corrected chi connectivity index (χ3v) is 4.78. The molecule has 1 saturated heterocycles.